The summed E-state index contributed by atoms with van der Waals surface area (Å²) in [5.41, 5.74) is -0.325. The fourth-order valence-electron chi connectivity index (χ4n) is 2.42. The molecule has 124 valence electrons. The third kappa shape index (κ3) is 2.26. The summed E-state index contributed by atoms with van der Waals surface area (Å²) < 4.78 is 15.5. The van der Waals surface area contributed by atoms with E-state index in [9.17, 15) is 20.1 Å². The number of hydrogen-bond donors (Lipinski definition) is 3. The molecule has 1 aromatic heterocycles. The van der Waals surface area contributed by atoms with Gasteiger partial charge in [0.1, 0.15) is 16.9 Å². The van der Waals surface area contributed by atoms with Crippen LogP contribution < -0.4 is 14.9 Å². The fraction of sp³-hybridized carbons (Fsp3) is 0.118. The number of fused-ring (bicyclic) bond motifs is 1. The molecule has 1 heterocycles. The third-order valence-corrected chi connectivity index (χ3v) is 3.63. The van der Waals surface area contributed by atoms with Crippen LogP contribution in [0.4, 0.5) is 0 Å². The van der Waals surface area contributed by atoms with Crippen LogP contribution in [0.15, 0.2) is 39.5 Å². The van der Waals surface area contributed by atoms with Gasteiger partial charge in [0.05, 0.1) is 14.2 Å². The monoisotopic (exact) mass is 330 g/mol. The molecular weight excluding hydrogens is 316 g/mol. The van der Waals surface area contributed by atoms with Crippen molar-refractivity contribution in [1.82, 2.24) is 0 Å². The zero-order valence-electron chi connectivity index (χ0n) is 12.9. The number of ether oxygens (including phenoxy) is 2. The van der Waals surface area contributed by atoms with Crippen molar-refractivity contribution < 1.29 is 29.2 Å². The number of rotatable bonds is 3. The van der Waals surface area contributed by atoms with E-state index in [1.165, 1.54) is 14.2 Å². The number of benzene rings is 2. The number of hydrogen-bond acceptors (Lipinski definition) is 7. The number of phenolic OH excluding ortho intramolecular Hbond substituents is 3. The zero-order chi connectivity index (χ0) is 17.4. The summed E-state index contributed by atoms with van der Waals surface area (Å²) in [6.07, 6.45) is 0. The molecule has 7 nitrogen and oxygen atoms in total. The van der Waals surface area contributed by atoms with Crippen LogP contribution in [0.3, 0.4) is 0 Å². The second-order valence-electron chi connectivity index (χ2n) is 4.99. The normalized spacial score (nSPS) is 10.8. The SMILES string of the molecule is COc1ccc(-c2cc(=O)c3c(O)c(O)c(OC)c(O)c3o2)cc1. The van der Waals surface area contributed by atoms with E-state index in [1.54, 1.807) is 24.3 Å². The van der Waals surface area contributed by atoms with Gasteiger partial charge in [0.25, 0.3) is 0 Å². The average Bonchev–Trinajstić information content (AvgIpc) is 2.60. The summed E-state index contributed by atoms with van der Waals surface area (Å²) >= 11 is 0. The summed E-state index contributed by atoms with van der Waals surface area (Å²) in [4.78, 5) is 12.3. The fourth-order valence-corrected chi connectivity index (χ4v) is 2.42. The molecule has 0 amide bonds. The highest BCUT2D eigenvalue weighted by Crippen LogP contribution is 2.48. The predicted octanol–water partition coefficient (Wildman–Crippen LogP) is 2.59. The summed E-state index contributed by atoms with van der Waals surface area (Å²) in [5.74, 6) is -1.58. The van der Waals surface area contributed by atoms with Crippen molar-refractivity contribution in [3.05, 3.63) is 40.6 Å². The quantitative estimate of drug-likeness (QED) is 0.500. The van der Waals surface area contributed by atoms with E-state index in [1.807, 2.05) is 0 Å². The lowest BCUT2D eigenvalue weighted by molar-refractivity contribution is 0.330. The van der Waals surface area contributed by atoms with E-state index in [2.05, 4.69) is 0 Å². The summed E-state index contributed by atoms with van der Waals surface area (Å²) in [6.45, 7) is 0. The Morgan fingerprint density at radius 1 is 0.917 bits per heavy atom. The van der Waals surface area contributed by atoms with Crippen molar-refractivity contribution >= 4 is 11.0 Å². The summed E-state index contributed by atoms with van der Waals surface area (Å²) in [5, 5.41) is 29.7. The smallest absolute Gasteiger partial charge is 0.210 e. The van der Waals surface area contributed by atoms with Gasteiger partial charge in [-0.3, -0.25) is 4.79 Å². The van der Waals surface area contributed by atoms with E-state index in [-0.39, 0.29) is 22.5 Å². The Kier molecular flexibility index (Phi) is 3.69. The van der Waals surface area contributed by atoms with Crippen LogP contribution in [0.2, 0.25) is 0 Å². The maximum Gasteiger partial charge on any atom is 0.210 e. The molecule has 7 heteroatoms. The molecule has 3 N–H and O–H groups in total. The van der Waals surface area contributed by atoms with Gasteiger partial charge in [-0.2, -0.15) is 0 Å². The molecule has 0 radical (unpaired) electrons. The highest BCUT2D eigenvalue weighted by molar-refractivity contribution is 5.94. The van der Waals surface area contributed by atoms with E-state index in [0.717, 1.165) is 6.07 Å². The lowest BCUT2D eigenvalue weighted by Crippen LogP contribution is -2.02. The molecule has 0 atom stereocenters. The molecule has 0 bridgehead atoms. The largest absolute Gasteiger partial charge is 0.504 e. The van der Waals surface area contributed by atoms with Crippen molar-refractivity contribution in [2.24, 2.45) is 0 Å². The molecule has 0 fully saturated rings. The maximum absolute atomic E-state index is 12.3. The number of aromatic hydroxyl groups is 3. The lowest BCUT2D eigenvalue weighted by atomic mass is 10.1. The van der Waals surface area contributed by atoms with Crippen molar-refractivity contribution in [2.75, 3.05) is 14.2 Å². The summed E-state index contributed by atoms with van der Waals surface area (Å²) in [6, 6.07) is 7.90. The highest BCUT2D eigenvalue weighted by atomic mass is 16.5. The van der Waals surface area contributed by atoms with Crippen molar-refractivity contribution in [3.8, 4) is 40.1 Å². The van der Waals surface area contributed by atoms with E-state index in [0.29, 0.717) is 11.3 Å². The van der Waals surface area contributed by atoms with Gasteiger partial charge in [0, 0.05) is 11.6 Å². The van der Waals surface area contributed by atoms with Crippen molar-refractivity contribution in [2.45, 2.75) is 0 Å². The van der Waals surface area contributed by atoms with Gasteiger partial charge in [0.15, 0.2) is 16.8 Å². The van der Waals surface area contributed by atoms with Crippen LogP contribution in [0, 0.1) is 0 Å². The second-order valence-corrected chi connectivity index (χ2v) is 4.99. The van der Waals surface area contributed by atoms with Gasteiger partial charge in [0.2, 0.25) is 17.2 Å². The molecule has 3 aromatic rings. The molecule has 0 aliphatic heterocycles. The van der Waals surface area contributed by atoms with Crippen LogP contribution >= 0.6 is 0 Å². The molecular formula is C17H14O7. The summed E-state index contributed by atoms with van der Waals surface area (Å²) in [7, 11) is 2.73. The Morgan fingerprint density at radius 3 is 2.17 bits per heavy atom. The zero-order valence-corrected chi connectivity index (χ0v) is 12.9. The molecule has 2 aromatic carbocycles. The number of methoxy groups -OCH3 is 2. The van der Waals surface area contributed by atoms with E-state index >= 15 is 0 Å². The molecule has 24 heavy (non-hydrogen) atoms. The molecule has 0 aliphatic carbocycles. The first-order valence-corrected chi connectivity index (χ1v) is 6.91. The van der Waals surface area contributed by atoms with Gasteiger partial charge in [-0.05, 0) is 24.3 Å². The minimum atomic E-state index is -0.730. The molecule has 3 rings (SSSR count). The van der Waals surface area contributed by atoms with Crippen molar-refractivity contribution in [1.29, 1.82) is 0 Å². The molecule has 0 saturated carbocycles. The van der Waals surface area contributed by atoms with Crippen LogP contribution in [0.5, 0.6) is 28.7 Å². The van der Waals surface area contributed by atoms with Gasteiger partial charge in [-0.15, -0.1) is 0 Å². The van der Waals surface area contributed by atoms with Crippen LogP contribution in [0.25, 0.3) is 22.3 Å². The third-order valence-electron chi connectivity index (χ3n) is 3.63. The topological polar surface area (TPSA) is 109 Å². The second kappa shape index (κ2) is 5.69. The Balaban J connectivity index is 2.31. The van der Waals surface area contributed by atoms with E-state index in [4.69, 9.17) is 13.9 Å². The van der Waals surface area contributed by atoms with Crippen LogP contribution in [0.1, 0.15) is 0 Å². The van der Waals surface area contributed by atoms with Gasteiger partial charge in [-0.1, -0.05) is 0 Å². The molecule has 0 aliphatic rings. The predicted molar refractivity (Wildman–Crippen MR) is 86.0 cm³/mol. The van der Waals surface area contributed by atoms with Gasteiger partial charge < -0.3 is 29.2 Å². The first kappa shape index (κ1) is 15.5. The maximum atomic E-state index is 12.3. The Morgan fingerprint density at radius 2 is 1.58 bits per heavy atom. The molecule has 0 spiro atoms. The van der Waals surface area contributed by atoms with E-state index < -0.39 is 22.7 Å². The number of phenols is 3. The lowest BCUT2D eigenvalue weighted by Gasteiger charge is -2.11. The van der Waals surface area contributed by atoms with Crippen molar-refractivity contribution in [3.63, 3.8) is 0 Å². The Bertz CT molecular complexity index is 971. The minimum absolute atomic E-state index is 0.178. The van der Waals surface area contributed by atoms with Crippen LogP contribution in [-0.4, -0.2) is 29.5 Å². The minimum Gasteiger partial charge on any atom is -0.504 e. The first-order valence-electron chi connectivity index (χ1n) is 6.91. The van der Waals surface area contributed by atoms with Crippen LogP contribution in [-0.2, 0) is 0 Å². The average molecular weight is 330 g/mol. The highest BCUT2D eigenvalue weighted by Gasteiger charge is 2.24. The molecule has 0 saturated heterocycles. The van der Waals surface area contributed by atoms with Gasteiger partial charge >= 0.3 is 0 Å². The Hall–Kier alpha value is -3.35. The molecule has 0 unspecified atom stereocenters. The Labute approximate surface area is 135 Å². The van der Waals surface area contributed by atoms with Gasteiger partial charge in [-0.25, -0.2) is 0 Å². The standard InChI is InChI=1S/C17H14O7/c1-22-9-5-3-8(4-6-9)11-7-10(18)12-13(19)14(20)17(23-2)15(21)16(12)24-11/h3-7,19-21H,1-2H3. The first-order chi connectivity index (χ1) is 11.5.